The predicted molar refractivity (Wildman–Crippen MR) is 61.0 cm³/mol. The molecular formula is C12H7ClO3. The Kier molecular flexibility index (Phi) is 2.62. The van der Waals surface area contributed by atoms with Gasteiger partial charge in [0.1, 0.15) is 5.75 Å². The zero-order valence-corrected chi connectivity index (χ0v) is 8.86. The van der Waals surface area contributed by atoms with Crippen LogP contribution >= 0.6 is 11.6 Å². The molecule has 0 heterocycles. The van der Waals surface area contributed by atoms with Gasteiger partial charge in [-0.2, -0.15) is 0 Å². The Morgan fingerprint density at radius 1 is 1.25 bits per heavy atom. The number of halogens is 1. The monoisotopic (exact) mass is 234 g/mol. The van der Waals surface area contributed by atoms with Crippen molar-refractivity contribution in [3.8, 4) is 5.75 Å². The first kappa shape index (κ1) is 10.6. The molecule has 0 aliphatic carbocycles. The van der Waals surface area contributed by atoms with Gasteiger partial charge < -0.3 is 5.11 Å². The molecule has 80 valence electrons. The summed E-state index contributed by atoms with van der Waals surface area (Å²) in [6.45, 7) is 0. The highest BCUT2D eigenvalue weighted by Crippen LogP contribution is 2.27. The zero-order valence-electron chi connectivity index (χ0n) is 8.11. The van der Waals surface area contributed by atoms with Gasteiger partial charge in [0.2, 0.25) is 5.78 Å². The number of rotatable bonds is 2. The van der Waals surface area contributed by atoms with Crippen LogP contribution in [0.4, 0.5) is 0 Å². The van der Waals surface area contributed by atoms with Gasteiger partial charge in [0.15, 0.2) is 6.29 Å². The van der Waals surface area contributed by atoms with Crippen LogP contribution in [0.2, 0.25) is 5.02 Å². The Hall–Kier alpha value is -1.87. The molecule has 0 unspecified atom stereocenters. The summed E-state index contributed by atoms with van der Waals surface area (Å²) < 4.78 is 0. The molecule has 16 heavy (non-hydrogen) atoms. The van der Waals surface area contributed by atoms with E-state index >= 15 is 0 Å². The summed E-state index contributed by atoms with van der Waals surface area (Å²) in [4.78, 5) is 21.9. The summed E-state index contributed by atoms with van der Waals surface area (Å²) in [5.41, 5.74) is 0.248. The lowest BCUT2D eigenvalue weighted by Crippen LogP contribution is -2.00. The lowest BCUT2D eigenvalue weighted by molar-refractivity contribution is -0.104. The molecule has 0 aliphatic heterocycles. The Labute approximate surface area is 96.3 Å². The van der Waals surface area contributed by atoms with Crippen LogP contribution in [0.25, 0.3) is 10.8 Å². The highest BCUT2D eigenvalue weighted by molar-refractivity contribution is 6.38. The minimum absolute atomic E-state index is 0.0827. The van der Waals surface area contributed by atoms with Gasteiger partial charge in [-0.25, -0.2) is 0 Å². The fourth-order valence-corrected chi connectivity index (χ4v) is 1.81. The van der Waals surface area contributed by atoms with Gasteiger partial charge in [0, 0.05) is 10.6 Å². The number of hydrogen-bond acceptors (Lipinski definition) is 3. The molecule has 2 rings (SSSR count). The van der Waals surface area contributed by atoms with Crippen LogP contribution < -0.4 is 0 Å². The molecule has 0 radical (unpaired) electrons. The van der Waals surface area contributed by atoms with Crippen molar-refractivity contribution in [3.63, 3.8) is 0 Å². The van der Waals surface area contributed by atoms with Crippen LogP contribution in [-0.4, -0.2) is 17.2 Å². The molecular weight excluding hydrogens is 228 g/mol. The minimum atomic E-state index is -0.627. The second kappa shape index (κ2) is 3.94. The number of phenolic OH excluding ortho intramolecular Hbond substituents is 1. The second-order valence-electron chi connectivity index (χ2n) is 3.34. The van der Waals surface area contributed by atoms with Crippen molar-refractivity contribution in [1.29, 1.82) is 0 Å². The molecule has 2 aromatic carbocycles. The van der Waals surface area contributed by atoms with Gasteiger partial charge in [-0.15, -0.1) is 0 Å². The maximum absolute atomic E-state index is 11.4. The Morgan fingerprint density at radius 3 is 2.69 bits per heavy atom. The number of phenols is 1. The summed E-state index contributed by atoms with van der Waals surface area (Å²) in [6, 6.07) is 7.59. The van der Waals surface area contributed by atoms with Crippen molar-refractivity contribution < 1.29 is 14.7 Å². The van der Waals surface area contributed by atoms with E-state index in [2.05, 4.69) is 0 Å². The normalized spacial score (nSPS) is 10.3. The van der Waals surface area contributed by atoms with Crippen molar-refractivity contribution in [2.45, 2.75) is 0 Å². The number of carbonyl (C=O) groups is 2. The van der Waals surface area contributed by atoms with E-state index in [0.717, 1.165) is 0 Å². The molecule has 0 fully saturated rings. The largest absolute Gasteiger partial charge is 0.508 e. The topological polar surface area (TPSA) is 54.4 Å². The molecule has 0 aromatic heterocycles. The number of Topliss-reactive ketones (excluding diaryl/α,β-unsaturated/α-hetero) is 1. The van der Waals surface area contributed by atoms with E-state index in [0.29, 0.717) is 15.8 Å². The maximum atomic E-state index is 11.4. The minimum Gasteiger partial charge on any atom is -0.508 e. The van der Waals surface area contributed by atoms with Gasteiger partial charge in [0.25, 0.3) is 0 Å². The highest BCUT2D eigenvalue weighted by Gasteiger charge is 2.10. The standard InChI is InChI=1S/C12H7ClO3/c13-8-3-7-4-9(15)1-2-10(7)11(5-8)12(16)6-14/h1-6,15H. The summed E-state index contributed by atoms with van der Waals surface area (Å²) in [7, 11) is 0. The lowest BCUT2D eigenvalue weighted by Gasteiger charge is -2.04. The number of ketones is 1. The summed E-state index contributed by atoms with van der Waals surface area (Å²) in [5, 5.41) is 10.9. The van der Waals surface area contributed by atoms with Gasteiger partial charge in [0.05, 0.1) is 0 Å². The SMILES string of the molecule is O=CC(=O)c1cc(Cl)cc2cc(O)ccc12. The Bertz CT molecular complexity index is 585. The van der Waals surface area contributed by atoms with E-state index in [1.807, 2.05) is 0 Å². The van der Waals surface area contributed by atoms with Crippen molar-refractivity contribution in [2.24, 2.45) is 0 Å². The van der Waals surface area contributed by atoms with Crippen LogP contribution in [-0.2, 0) is 4.79 Å². The third kappa shape index (κ3) is 1.77. The number of fused-ring (bicyclic) bond motifs is 1. The molecule has 1 N–H and O–H groups in total. The van der Waals surface area contributed by atoms with E-state index in [4.69, 9.17) is 11.6 Å². The average Bonchev–Trinajstić information content (AvgIpc) is 2.26. The van der Waals surface area contributed by atoms with Gasteiger partial charge in [-0.1, -0.05) is 11.6 Å². The lowest BCUT2D eigenvalue weighted by atomic mass is 10.0. The van der Waals surface area contributed by atoms with Crippen LogP contribution in [0.3, 0.4) is 0 Å². The summed E-state index contributed by atoms with van der Waals surface area (Å²) >= 11 is 5.83. The number of aldehydes is 1. The summed E-state index contributed by atoms with van der Waals surface area (Å²) in [6.07, 6.45) is 0.248. The molecule has 0 atom stereocenters. The van der Waals surface area contributed by atoms with Crippen LogP contribution in [0.15, 0.2) is 30.3 Å². The maximum Gasteiger partial charge on any atom is 0.226 e. The first-order valence-electron chi connectivity index (χ1n) is 4.53. The van der Waals surface area contributed by atoms with Gasteiger partial charge >= 0.3 is 0 Å². The average molecular weight is 235 g/mol. The molecule has 3 nitrogen and oxygen atoms in total. The third-order valence-electron chi connectivity index (χ3n) is 2.27. The Balaban J connectivity index is 2.82. The molecule has 0 spiro atoms. The van der Waals surface area contributed by atoms with Gasteiger partial charge in [-0.3, -0.25) is 9.59 Å². The summed E-state index contributed by atoms with van der Waals surface area (Å²) in [5.74, 6) is -0.544. The quantitative estimate of drug-likeness (QED) is 0.494. The van der Waals surface area contributed by atoms with E-state index in [1.54, 1.807) is 12.1 Å². The zero-order chi connectivity index (χ0) is 11.7. The van der Waals surface area contributed by atoms with Crippen LogP contribution in [0.1, 0.15) is 10.4 Å². The number of benzene rings is 2. The molecule has 0 saturated heterocycles. The molecule has 2 aromatic rings. The fourth-order valence-electron chi connectivity index (χ4n) is 1.59. The fraction of sp³-hybridized carbons (Fsp3) is 0. The molecule has 4 heteroatoms. The van der Waals surface area contributed by atoms with Crippen LogP contribution in [0.5, 0.6) is 5.75 Å². The van der Waals surface area contributed by atoms with Crippen molar-refractivity contribution in [2.75, 3.05) is 0 Å². The molecule has 0 amide bonds. The van der Waals surface area contributed by atoms with E-state index in [-0.39, 0.29) is 17.6 Å². The predicted octanol–water partition coefficient (Wildman–Crippen LogP) is 2.58. The molecule has 0 bridgehead atoms. The number of hydrogen-bond donors (Lipinski definition) is 1. The first-order valence-corrected chi connectivity index (χ1v) is 4.91. The van der Waals surface area contributed by atoms with Crippen LogP contribution in [0, 0.1) is 0 Å². The molecule has 0 aliphatic rings. The van der Waals surface area contributed by atoms with E-state index < -0.39 is 5.78 Å². The van der Waals surface area contributed by atoms with E-state index in [1.165, 1.54) is 18.2 Å². The number of aromatic hydroxyl groups is 1. The van der Waals surface area contributed by atoms with Crippen molar-refractivity contribution >= 4 is 34.4 Å². The first-order chi connectivity index (χ1) is 7.61. The highest BCUT2D eigenvalue weighted by atomic mass is 35.5. The third-order valence-corrected chi connectivity index (χ3v) is 2.49. The second-order valence-corrected chi connectivity index (χ2v) is 3.78. The van der Waals surface area contributed by atoms with Gasteiger partial charge in [-0.05, 0) is 41.1 Å². The smallest absolute Gasteiger partial charge is 0.226 e. The number of carbonyl (C=O) groups excluding carboxylic acids is 2. The Morgan fingerprint density at radius 2 is 2.00 bits per heavy atom. The molecule has 0 saturated carbocycles. The van der Waals surface area contributed by atoms with Crippen molar-refractivity contribution in [1.82, 2.24) is 0 Å². The van der Waals surface area contributed by atoms with Crippen molar-refractivity contribution in [3.05, 3.63) is 40.9 Å². The van der Waals surface area contributed by atoms with E-state index in [9.17, 15) is 14.7 Å².